The predicted octanol–water partition coefficient (Wildman–Crippen LogP) is 1.39. The molecule has 0 aromatic heterocycles. The van der Waals surface area contributed by atoms with Crippen LogP contribution in [-0.2, 0) is 4.79 Å². The number of hydrogen-bond donors (Lipinski definition) is 3. The van der Waals surface area contributed by atoms with Gasteiger partial charge >= 0.3 is 5.97 Å². The minimum atomic E-state index is -1.13. The molecule has 1 atom stereocenters. The molecule has 1 saturated carbocycles. The molecule has 1 aliphatic rings. The Morgan fingerprint density at radius 2 is 1.75 bits per heavy atom. The van der Waals surface area contributed by atoms with Gasteiger partial charge in [0.25, 0.3) is 0 Å². The van der Waals surface area contributed by atoms with Crippen molar-refractivity contribution in [3.8, 4) is 0 Å². The van der Waals surface area contributed by atoms with E-state index in [0.717, 1.165) is 25.7 Å². The van der Waals surface area contributed by atoms with Crippen molar-refractivity contribution in [1.82, 2.24) is 6.15 Å². The van der Waals surface area contributed by atoms with Crippen LogP contribution in [0.15, 0.2) is 0 Å². The predicted molar refractivity (Wildman–Crippen MR) is 46.2 cm³/mol. The molecule has 0 spiro atoms. The highest BCUT2D eigenvalue weighted by molar-refractivity contribution is 5.72. The Labute approximate surface area is 72.2 Å². The largest absolute Gasteiger partial charge is 0.479 e. The molecule has 12 heavy (non-hydrogen) atoms. The summed E-state index contributed by atoms with van der Waals surface area (Å²) < 4.78 is 0. The van der Waals surface area contributed by atoms with Crippen molar-refractivity contribution in [3.63, 3.8) is 0 Å². The van der Waals surface area contributed by atoms with Crippen molar-refractivity contribution in [2.75, 3.05) is 0 Å². The fourth-order valence-corrected chi connectivity index (χ4v) is 1.65. The van der Waals surface area contributed by atoms with E-state index in [1.165, 1.54) is 6.42 Å². The minimum Gasteiger partial charge on any atom is -0.479 e. The fraction of sp³-hybridized carbons (Fsp3) is 0.875. The van der Waals surface area contributed by atoms with E-state index < -0.39 is 12.1 Å². The Bertz CT molecular complexity index is 143. The number of aliphatic carboxylic acids is 1. The molecule has 1 rings (SSSR count). The first-order valence-electron chi connectivity index (χ1n) is 4.12. The maximum absolute atomic E-state index is 10.3. The third kappa shape index (κ3) is 2.79. The number of aliphatic hydroxyl groups is 1. The van der Waals surface area contributed by atoms with Crippen LogP contribution < -0.4 is 6.15 Å². The van der Waals surface area contributed by atoms with Gasteiger partial charge in [-0.3, -0.25) is 0 Å². The molecule has 0 radical (unpaired) electrons. The zero-order valence-corrected chi connectivity index (χ0v) is 7.49. The van der Waals surface area contributed by atoms with Crippen molar-refractivity contribution in [3.05, 3.63) is 0 Å². The lowest BCUT2D eigenvalue weighted by molar-refractivity contribution is -0.150. The van der Waals surface area contributed by atoms with Gasteiger partial charge in [-0.2, -0.15) is 0 Å². The van der Waals surface area contributed by atoms with Crippen LogP contribution in [0.25, 0.3) is 0 Å². The van der Waals surface area contributed by atoms with Gasteiger partial charge in [-0.1, -0.05) is 19.3 Å². The van der Waals surface area contributed by atoms with Crippen molar-refractivity contribution >= 4 is 5.97 Å². The molecule has 0 unspecified atom stereocenters. The van der Waals surface area contributed by atoms with Crippen molar-refractivity contribution < 1.29 is 15.0 Å². The summed E-state index contributed by atoms with van der Waals surface area (Å²) in [6, 6.07) is 0. The Morgan fingerprint density at radius 3 is 2.17 bits per heavy atom. The molecule has 0 saturated heterocycles. The number of carbonyl (C=O) groups is 1. The molecule has 0 heterocycles. The van der Waals surface area contributed by atoms with Crippen molar-refractivity contribution in [1.29, 1.82) is 0 Å². The molecule has 1 fully saturated rings. The monoisotopic (exact) mass is 176 g/mol. The van der Waals surface area contributed by atoms with Crippen LogP contribution >= 0.6 is 0 Å². The second-order valence-corrected chi connectivity index (χ2v) is 3.18. The van der Waals surface area contributed by atoms with Gasteiger partial charge in [0, 0.05) is 0 Å². The summed E-state index contributed by atoms with van der Waals surface area (Å²) in [5, 5.41) is 17.6. The first kappa shape index (κ1) is 11.4. The Balaban J connectivity index is 0.00000121. The standard InChI is InChI=1S/C8H14O3.H3N/c9-7(8(10)11)6-4-2-1-3-5-6;/h6-7,9H,1-5H2,(H,10,11);1H3/p+1/t7-;/m0./s1. The van der Waals surface area contributed by atoms with E-state index in [-0.39, 0.29) is 12.1 Å². The smallest absolute Gasteiger partial charge is 0.332 e. The summed E-state index contributed by atoms with van der Waals surface area (Å²) in [6.07, 6.45) is 3.92. The maximum atomic E-state index is 10.3. The van der Waals surface area contributed by atoms with E-state index in [2.05, 4.69) is 0 Å². The summed E-state index contributed by atoms with van der Waals surface area (Å²) in [5.41, 5.74) is 0. The van der Waals surface area contributed by atoms with E-state index in [1.807, 2.05) is 0 Å². The third-order valence-corrected chi connectivity index (χ3v) is 2.35. The Morgan fingerprint density at radius 1 is 1.25 bits per heavy atom. The van der Waals surface area contributed by atoms with E-state index in [9.17, 15) is 4.79 Å². The van der Waals surface area contributed by atoms with E-state index in [0.29, 0.717) is 0 Å². The lowest BCUT2D eigenvalue weighted by atomic mass is 9.85. The van der Waals surface area contributed by atoms with Crippen molar-refractivity contribution in [2.45, 2.75) is 38.2 Å². The summed E-state index contributed by atoms with van der Waals surface area (Å²) in [6.45, 7) is 0. The highest BCUT2D eigenvalue weighted by Crippen LogP contribution is 2.26. The molecule has 4 heteroatoms. The lowest BCUT2D eigenvalue weighted by Gasteiger charge is -2.23. The second-order valence-electron chi connectivity index (χ2n) is 3.18. The van der Waals surface area contributed by atoms with Gasteiger partial charge in [-0.25, -0.2) is 4.79 Å². The quantitative estimate of drug-likeness (QED) is 0.593. The molecule has 0 amide bonds. The molecular weight excluding hydrogens is 158 g/mol. The summed E-state index contributed by atoms with van der Waals surface area (Å²) in [4.78, 5) is 10.3. The molecule has 0 bridgehead atoms. The topological polar surface area (TPSA) is 94.0 Å². The third-order valence-electron chi connectivity index (χ3n) is 2.35. The summed E-state index contributed by atoms with van der Waals surface area (Å²) in [5.74, 6) is -1.07. The molecule has 0 aromatic rings. The van der Waals surface area contributed by atoms with Gasteiger partial charge in [0.15, 0.2) is 6.10 Å². The SMILES string of the molecule is O=C(O)[C@@H](O)C1CCCCC1.[NH4+]. The molecule has 0 aliphatic heterocycles. The zero-order chi connectivity index (χ0) is 8.27. The number of carboxylic acid groups (broad SMARTS) is 1. The summed E-state index contributed by atoms with van der Waals surface area (Å²) >= 11 is 0. The number of hydrogen-bond acceptors (Lipinski definition) is 2. The van der Waals surface area contributed by atoms with Gasteiger partial charge in [0.2, 0.25) is 0 Å². The number of rotatable bonds is 2. The van der Waals surface area contributed by atoms with Gasteiger partial charge in [-0.15, -0.1) is 0 Å². The van der Waals surface area contributed by atoms with Crippen LogP contribution in [0.2, 0.25) is 0 Å². The van der Waals surface area contributed by atoms with Crippen LogP contribution in [0.4, 0.5) is 0 Å². The van der Waals surface area contributed by atoms with Crippen LogP contribution in [0.3, 0.4) is 0 Å². The first-order valence-corrected chi connectivity index (χ1v) is 4.12. The molecule has 0 aromatic carbocycles. The van der Waals surface area contributed by atoms with Crippen molar-refractivity contribution in [2.24, 2.45) is 5.92 Å². The van der Waals surface area contributed by atoms with Crippen LogP contribution in [0.1, 0.15) is 32.1 Å². The van der Waals surface area contributed by atoms with Gasteiger partial charge in [-0.05, 0) is 18.8 Å². The molecular formula is C8H18NO3+. The number of quaternary nitrogens is 1. The number of carboxylic acids is 1. The normalized spacial score (nSPS) is 21.1. The Hall–Kier alpha value is -0.610. The Kier molecular flexibility index (Phi) is 4.85. The van der Waals surface area contributed by atoms with Gasteiger partial charge in [0.1, 0.15) is 0 Å². The first-order chi connectivity index (χ1) is 5.22. The average molecular weight is 176 g/mol. The highest BCUT2D eigenvalue weighted by atomic mass is 16.4. The minimum absolute atomic E-state index is 0. The van der Waals surface area contributed by atoms with Gasteiger partial charge in [0.05, 0.1) is 0 Å². The van der Waals surface area contributed by atoms with Gasteiger partial charge < -0.3 is 16.4 Å². The van der Waals surface area contributed by atoms with E-state index in [4.69, 9.17) is 10.2 Å². The maximum Gasteiger partial charge on any atom is 0.332 e. The second kappa shape index (κ2) is 5.11. The molecule has 4 nitrogen and oxygen atoms in total. The lowest BCUT2D eigenvalue weighted by Crippen LogP contribution is -2.30. The van der Waals surface area contributed by atoms with Crippen LogP contribution in [0.5, 0.6) is 0 Å². The highest BCUT2D eigenvalue weighted by Gasteiger charge is 2.26. The van der Waals surface area contributed by atoms with Crippen LogP contribution in [0, 0.1) is 5.92 Å². The fourth-order valence-electron chi connectivity index (χ4n) is 1.65. The molecule has 6 N–H and O–H groups in total. The zero-order valence-electron chi connectivity index (χ0n) is 7.49. The molecule has 72 valence electrons. The summed E-state index contributed by atoms with van der Waals surface area (Å²) in [7, 11) is 0. The van der Waals surface area contributed by atoms with Crippen LogP contribution in [-0.4, -0.2) is 22.3 Å². The number of aliphatic hydroxyl groups excluding tert-OH is 1. The van der Waals surface area contributed by atoms with E-state index in [1.54, 1.807) is 0 Å². The van der Waals surface area contributed by atoms with E-state index >= 15 is 0 Å². The average Bonchev–Trinajstić information content (AvgIpc) is 2.05. The molecule has 1 aliphatic carbocycles.